The molecule has 0 saturated carbocycles. The molecule has 0 fully saturated rings. The molecule has 3 aromatic carbocycles. The van der Waals surface area contributed by atoms with Gasteiger partial charge in [0, 0.05) is 23.1 Å². The van der Waals surface area contributed by atoms with Crippen LogP contribution >= 0.6 is 0 Å². The van der Waals surface area contributed by atoms with E-state index in [1.54, 1.807) is 0 Å². The zero-order valence-corrected chi connectivity index (χ0v) is 14.6. The first-order chi connectivity index (χ1) is 12.7. The number of hydrogen-bond donors (Lipinski definition) is 0. The van der Waals surface area contributed by atoms with Gasteiger partial charge < -0.3 is 4.74 Å². The standard InChI is InChI=1S/C24H19NO/c1-18-12-14-19(15-13-18)23-20(17-25)16-24(26-23,21-8-4-2-5-9-21)22-10-6-3-7-11-22/h2-15H,16H2,1H3. The summed E-state index contributed by atoms with van der Waals surface area (Å²) in [7, 11) is 0. The van der Waals surface area contributed by atoms with E-state index >= 15 is 0 Å². The lowest BCUT2D eigenvalue weighted by Crippen LogP contribution is -2.27. The molecule has 1 aliphatic heterocycles. The van der Waals surface area contributed by atoms with Gasteiger partial charge in [-0.25, -0.2) is 0 Å². The average molecular weight is 337 g/mol. The van der Waals surface area contributed by atoms with Gasteiger partial charge >= 0.3 is 0 Å². The number of aryl methyl sites for hydroxylation is 1. The van der Waals surface area contributed by atoms with Gasteiger partial charge in [-0.05, 0) is 6.92 Å². The largest absolute Gasteiger partial charge is 0.476 e. The molecule has 0 saturated heterocycles. The number of hydrogen-bond acceptors (Lipinski definition) is 2. The molecule has 1 aliphatic rings. The Kier molecular flexibility index (Phi) is 4.07. The quantitative estimate of drug-likeness (QED) is 0.624. The first-order valence-corrected chi connectivity index (χ1v) is 8.73. The highest BCUT2D eigenvalue weighted by molar-refractivity contribution is 5.71. The van der Waals surface area contributed by atoms with E-state index in [4.69, 9.17) is 4.74 Å². The molecule has 0 unspecified atom stereocenters. The van der Waals surface area contributed by atoms with Gasteiger partial charge in [0.2, 0.25) is 0 Å². The lowest BCUT2D eigenvalue weighted by Gasteiger charge is -2.31. The number of benzene rings is 3. The fourth-order valence-corrected chi connectivity index (χ4v) is 3.53. The lowest BCUT2D eigenvalue weighted by molar-refractivity contribution is 0.101. The van der Waals surface area contributed by atoms with Crippen molar-refractivity contribution in [3.63, 3.8) is 0 Å². The third kappa shape index (κ3) is 2.68. The molecule has 0 amide bonds. The van der Waals surface area contributed by atoms with Crippen LogP contribution in [-0.2, 0) is 10.3 Å². The monoisotopic (exact) mass is 337 g/mol. The van der Waals surface area contributed by atoms with E-state index in [-0.39, 0.29) is 0 Å². The predicted molar refractivity (Wildman–Crippen MR) is 103 cm³/mol. The lowest BCUT2D eigenvalue weighted by atomic mass is 9.82. The molecule has 1 heterocycles. The number of nitrogens with zero attached hydrogens (tertiary/aromatic N) is 1. The smallest absolute Gasteiger partial charge is 0.164 e. The Balaban J connectivity index is 1.86. The van der Waals surface area contributed by atoms with Gasteiger partial charge in [0.1, 0.15) is 5.76 Å². The van der Waals surface area contributed by atoms with Gasteiger partial charge in [0.15, 0.2) is 5.60 Å². The highest BCUT2D eigenvalue weighted by Crippen LogP contribution is 2.49. The van der Waals surface area contributed by atoms with Crippen molar-refractivity contribution in [3.05, 3.63) is 113 Å². The molecule has 0 aromatic heterocycles. The van der Waals surface area contributed by atoms with Crippen molar-refractivity contribution < 1.29 is 4.74 Å². The Morgan fingerprint density at radius 1 is 0.808 bits per heavy atom. The van der Waals surface area contributed by atoms with Crippen molar-refractivity contribution in [1.29, 1.82) is 5.26 Å². The maximum absolute atomic E-state index is 9.79. The van der Waals surface area contributed by atoms with Gasteiger partial charge in [0.05, 0.1) is 11.6 Å². The van der Waals surface area contributed by atoms with Crippen molar-refractivity contribution >= 4 is 5.76 Å². The number of nitriles is 1. The van der Waals surface area contributed by atoms with Crippen LogP contribution in [0.4, 0.5) is 0 Å². The second-order valence-corrected chi connectivity index (χ2v) is 6.62. The van der Waals surface area contributed by atoms with Gasteiger partial charge in [0.25, 0.3) is 0 Å². The maximum Gasteiger partial charge on any atom is 0.164 e. The molecular formula is C24H19NO. The average Bonchev–Trinajstić information content (AvgIpc) is 3.11. The summed E-state index contributed by atoms with van der Waals surface area (Å²) in [6.07, 6.45) is 0.529. The van der Waals surface area contributed by atoms with Gasteiger partial charge in [-0.3, -0.25) is 0 Å². The van der Waals surface area contributed by atoms with Crippen molar-refractivity contribution in [2.75, 3.05) is 0 Å². The van der Waals surface area contributed by atoms with Crippen LogP contribution in [0.25, 0.3) is 5.76 Å². The van der Waals surface area contributed by atoms with Crippen LogP contribution in [0.15, 0.2) is 90.5 Å². The molecule has 0 atom stereocenters. The molecule has 2 nitrogen and oxygen atoms in total. The molecule has 0 radical (unpaired) electrons. The number of rotatable bonds is 3. The highest BCUT2D eigenvalue weighted by atomic mass is 16.5. The first-order valence-electron chi connectivity index (χ1n) is 8.73. The van der Waals surface area contributed by atoms with Crippen LogP contribution in [0.3, 0.4) is 0 Å². The van der Waals surface area contributed by atoms with Crippen LogP contribution in [0, 0.1) is 18.3 Å². The molecule has 4 rings (SSSR count). The summed E-state index contributed by atoms with van der Waals surface area (Å²) in [5.41, 5.74) is 4.25. The van der Waals surface area contributed by atoms with Crippen LogP contribution in [0.5, 0.6) is 0 Å². The van der Waals surface area contributed by atoms with Crippen molar-refractivity contribution in [2.45, 2.75) is 18.9 Å². The molecule has 0 spiro atoms. The maximum atomic E-state index is 9.79. The van der Waals surface area contributed by atoms with E-state index < -0.39 is 5.60 Å². The summed E-state index contributed by atoms with van der Waals surface area (Å²) in [4.78, 5) is 0. The Hall–Kier alpha value is -3.31. The van der Waals surface area contributed by atoms with E-state index in [9.17, 15) is 5.26 Å². The zero-order valence-electron chi connectivity index (χ0n) is 14.6. The van der Waals surface area contributed by atoms with Crippen LogP contribution in [0.2, 0.25) is 0 Å². The summed E-state index contributed by atoms with van der Waals surface area (Å²) >= 11 is 0. The normalized spacial score (nSPS) is 15.4. The topological polar surface area (TPSA) is 33.0 Å². The molecule has 2 heteroatoms. The van der Waals surface area contributed by atoms with Gasteiger partial charge in [-0.2, -0.15) is 5.26 Å². The Morgan fingerprint density at radius 3 is 1.85 bits per heavy atom. The van der Waals surface area contributed by atoms with Crippen LogP contribution in [-0.4, -0.2) is 0 Å². The molecular weight excluding hydrogens is 318 g/mol. The second kappa shape index (κ2) is 6.54. The molecule has 0 N–H and O–H groups in total. The van der Waals surface area contributed by atoms with E-state index in [0.29, 0.717) is 17.8 Å². The Labute approximate surface area is 154 Å². The van der Waals surface area contributed by atoms with Gasteiger partial charge in [-0.15, -0.1) is 0 Å². The fourth-order valence-electron chi connectivity index (χ4n) is 3.53. The van der Waals surface area contributed by atoms with E-state index in [0.717, 1.165) is 16.7 Å². The minimum Gasteiger partial charge on any atom is -0.476 e. The molecule has 126 valence electrons. The summed E-state index contributed by atoms with van der Waals surface area (Å²) in [5, 5.41) is 9.79. The van der Waals surface area contributed by atoms with E-state index in [1.807, 2.05) is 60.7 Å². The summed E-state index contributed by atoms with van der Waals surface area (Å²) in [5.74, 6) is 0.681. The third-order valence-corrected chi connectivity index (χ3v) is 4.91. The predicted octanol–water partition coefficient (Wildman–Crippen LogP) is 5.59. The van der Waals surface area contributed by atoms with Gasteiger partial charge in [-0.1, -0.05) is 90.5 Å². The summed E-state index contributed by atoms with van der Waals surface area (Å²) < 4.78 is 6.61. The minimum absolute atomic E-state index is 0.529. The van der Waals surface area contributed by atoms with Crippen molar-refractivity contribution in [3.8, 4) is 6.07 Å². The second-order valence-electron chi connectivity index (χ2n) is 6.62. The van der Waals surface area contributed by atoms with Crippen molar-refractivity contribution in [2.24, 2.45) is 0 Å². The molecule has 26 heavy (non-hydrogen) atoms. The minimum atomic E-state index is -0.673. The Bertz CT molecular complexity index is 940. The fraction of sp³-hybridized carbons (Fsp3) is 0.125. The SMILES string of the molecule is Cc1ccc(C2=C(C#N)CC(c3ccccc3)(c3ccccc3)O2)cc1. The molecule has 3 aromatic rings. The van der Waals surface area contributed by atoms with E-state index in [1.165, 1.54) is 5.56 Å². The summed E-state index contributed by atoms with van der Waals surface area (Å²) in [6, 6.07) is 30.8. The molecule has 0 bridgehead atoms. The first kappa shape index (κ1) is 16.2. The van der Waals surface area contributed by atoms with E-state index in [2.05, 4.69) is 37.3 Å². The molecule has 0 aliphatic carbocycles. The van der Waals surface area contributed by atoms with Crippen molar-refractivity contribution in [1.82, 2.24) is 0 Å². The number of ether oxygens (including phenoxy) is 1. The van der Waals surface area contributed by atoms with Crippen LogP contribution < -0.4 is 0 Å². The summed E-state index contributed by atoms with van der Waals surface area (Å²) in [6.45, 7) is 2.05. The highest BCUT2D eigenvalue weighted by Gasteiger charge is 2.44. The Morgan fingerprint density at radius 2 is 1.35 bits per heavy atom. The zero-order chi connectivity index (χ0) is 18.0. The van der Waals surface area contributed by atoms with Crippen LogP contribution in [0.1, 0.15) is 28.7 Å². The third-order valence-electron chi connectivity index (χ3n) is 4.91.